The number of phenols is 3. The van der Waals surface area contributed by atoms with Gasteiger partial charge in [-0.05, 0) is 29.8 Å². The largest absolute Gasteiger partial charge is 0.508 e. The summed E-state index contributed by atoms with van der Waals surface area (Å²) in [5, 5.41) is 40.9. The summed E-state index contributed by atoms with van der Waals surface area (Å²) in [6.45, 7) is 0.847. The maximum absolute atomic E-state index is 12.7. The first-order chi connectivity index (χ1) is 19.6. The van der Waals surface area contributed by atoms with Crippen molar-refractivity contribution in [3.63, 3.8) is 0 Å². The molecular weight excluding hydrogens is 540 g/mol. The third kappa shape index (κ3) is 6.07. The number of hydrogen-bond acceptors (Lipinski definition) is 12. The molecule has 216 valence electrons. The van der Waals surface area contributed by atoms with E-state index in [1.165, 1.54) is 70.7 Å². The van der Waals surface area contributed by atoms with Crippen molar-refractivity contribution in [2.24, 2.45) is 0 Å². The van der Waals surface area contributed by atoms with Crippen LogP contribution in [-0.2, 0) is 9.53 Å². The average molecular weight is 569 g/mol. The highest BCUT2D eigenvalue weighted by Crippen LogP contribution is 2.43. The zero-order valence-electron chi connectivity index (χ0n) is 22.5. The van der Waals surface area contributed by atoms with Crippen LogP contribution < -0.4 is 24.4 Å². The molecule has 0 aliphatic heterocycles. The zero-order chi connectivity index (χ0) is 29.8. The Morgan fingerprint density at radius 3 is 2.15 bits per heavy atom. The summed E-state index contributed by atoms with van der Waals surface area (Å²) in [7, 11) is 4.08. The topological polar surface area (TPSA) is 174 Å². The smallest absolute Gasteiger partial charge is 0.302 e. The molecule has 41 heavy (non-hydrogen) atoms. The standard InChI is InChI=1S/C29H28O12/c1-14(30)39-13-26(28(35)15-5-6-18(32)22(7-15)36-2)41-29-24(37-3)8-16(9-25(29)38-4)21-12-20(34)27-19(33)10-17(31)11-23(27)40-21/h5-12,26,28,31-33,35H,13H2,1-4H3/t26-,28-/m1/s1. The molecule has 3 aromatic carbocycles. The van der Waals surface area contributed by atoms with E-state index in [4.69, 9.17) is 28.1 Å². The summed E-state index contributed by atoms with van der Waals surface area (Å²) in [6, 6.07) is 10.6. The number of carbonyl (C=O) groups is 1. The number of ether oxygens (including phenoxy) is 5. The first-order valence-electron chi connectivity index (χ1n) is 12.2. The molecule has 1 aromatic heterocycles. The van der Waals surface area contributed by atoms with Crippen LogP contribution in [0, 0.1) is 0 Å². The van der Waals surface area contributed by atoms with Gasteiger partial charge in [-0.2, -0.15) is 0 Å². The fraction of sp³-hybridized carbons (Fsp3) is 0.241. The van der Waals surface area contributed by atoms with Gasteiger partial charge in [0.25, 0.3) is 0 Å². The van der Waals surface area contributed by atoms with Gasteiger partial charge in [0.15, 0.2) is 34.5 Å². The van der Waals surface area contributed by atoms with Crippen molar-refractivity contribution in [3.05, 3.63) is 64.3 Å². The van der Waals surface area contributed by atoms with Crippen LogP contribution >= 0.6 is 0 Å². The fourth-order valence-electron chi connectivity index (χ4n) is 4.17. The minimum absolute atomic E-state index is 0.0409. The number of aliphatic hydroxyl groups is 1. The Kier molecular flexibility index (Phi) is 8.43. The molecule has 0 amide bonds. The molecule has 0 bridgehead atoms. The fourth-order valence-corrected chi connectivity index (χ4v) is 4.17. The lowest BCUT2D eigenvalue weighted by atomic mass is 10.0. The van der Waals surface area contributed by atoms with Crippen molar-refractivity contribution < 1.29 is 53.3 Å². The highest BCUT2D eigenvalue weighted by atomic mass is 16.6. The Balaban J connectivity index is 1.77. The molecule has 2 atom stereocenters. The number of esters is 1. The van der Waals surface area contributed by atoms with Crippen LogP contribution in [0.25, 0.3) is 22.3 Å². The first-order valence-corrected chi connectivity index (χ1v) is 12.2. The van der Waals surface area contributed by atoms with Gasteiger partial charge in [-0.15, -0.1) is 0 Å². The molecule has 0 aliphatic carbocycles. The summed E-state index contributed by atoms with van der Waals surface area (Å²) in [5.41, 5.74) is 0.0343. The Labute approximate surface area is 233 Å². The maximum Gasteiger partial charge on any atom is 0.302 e. The van der Waals surface area contributed by atoms with Crippen molar-refractivity contribution in [3.8, 4) is 51.6 Å². The molecule has 0 saturated carbocycles. The van der Waals surface area contributed by atoms with E-state index < -0.39 is 29.4 Å². The van der Waals surface area contributed by atoms with Gasteiger partial charge in [0.1, 0.15) is 40.9 Å². The van der Waals surface area contributed by atoms with E-state index in [1.54, 1.807) is 0 Å². The highest BCUT2D eigenvalue weighted by Gasteiger charge is 2.29. The van der Waals surface area contributed by atoms with Gasteiger partial charge >= 0.3 is 5.97 Å². The molecular formula is C29H28O12. The maximum atomic E-state index is 12.7. The Bertz CT molecular complexity index is 1620. The molecule has 12 nitrogen and oxygen atoms in total. The summed E-state index contributed by atoms with van der Waals surface area (Å²) >= 11 is 0. The molecule has 0 fully saturated rings. The molecule has 0 unspecified atom stereocenters. The summed E-state index contributed by atoms with van der Waals surface area (Å²) in [6.07, 6.45) is -2.54. The number of phenolic OH excluding ortho intramolecular Hbond substituents is 3. The normalized spacial score (nSPS) is 12.4. The van der Waals surface area contributed by atoms with Gasteiger partial charge < -0.3 is 48.5 Å². The second-order valence-electron chi connectivity index (χ2n) is 8.86. The van der Waals surface area contributed by atoms with Crippen molar-refractivity contribution >= 4 is 16.9 Å². The number of rotatable bonds is 10. The second kappa shape index (κ2) is 12.0. The number of fused-ring (bicyclic) bond motifs is 1. The summed E-state index contributed by atoms with van der Waals surface area (Å²) < 4.78 is 33.2. The van der Waals surface area contributed by atoms with E-state index in [2.05, 4.69) is 0 Å². The number of hydrogen-bond donors (Lipinski definition) is 4. The lowest BCUT2D eigenvalue weighted by Crippen LogP contribution is -2.31. The molecule has 0 spiro atoms. The summed E-state index contributed by atoms with van der Waals surface area (Å²) in [4.78, 5) is 24.3. The minimum atomic E-state index is -1.36. The third-order valence-corrected chi connectivity index (χ3v) is 6.16. The van der Waals surface area contributed by atoms with Gasteiger partial charge in [-0.25, -0.2) is 0 Å². The molecule has 0 aliphatic rings. The average Bonchev–Trinajstić information content (AvgIpc) is 2.94. The molecule has 4 N–H and O–H groups in total. The van der Waals surface area contributed by atoms with E-state index in [1.807, 2.05) is 0 Å². The quantitative estimate of drug-likeness (QED) is 0.205. The lowest BCUT2D eigenvalue weighted by Gasteiger charge is -2.26. The van der Waals surface area contributed by atoms with E-state index in [0.29, 0.717) is 11.1 Å². The Morgan fingerprint density at radius 2 is 1.54 bits per heavy atom. The number of carbonyl (C=O) groups excluding carboxylic acids is 1. The molecule has 0 saturated heterocycles. The number of aliphatic hydroxyl groups excluding tert-OH is 1. The van der Waals surface area contributed by atoms with Crippen LogP contribution in [-0.4, -0.2) is 60.4 Å². The van der Waals surface area contributed by atoms with Crippen LogP contribution in [0.3, 0.4) is 0 Å². The van der Waals surface area contributed by atoms with Crippen LogP contribution in [0.5, 0.6) is 40.2 Å². The van der Waals surface area contributed by atoms with E-state index in [-0.39, 0.29) is 57.8 Å². The second-order valence-corrected chi connectivity index (χ2v) is 8.86. The van der Waals surface area contributed by atoms with Gasteiger partial charge in [0.05, 0.1) is 21.3 Å². The van der Waals surface area contributed by atoms with Gasteiger partial charge in [-0.3, -0.25) is 9.59 Å². The summed E-state index contributed by atoms with van der Waals surface area (Å²) in [5.74, 6) is -1.00. The number of benzene rings is 3. The molecule has 4 aromatic rings. The third-order valence-electron chi connectivity index (χ3n) is 6.16. The van der Waals surface area contributed by atoms with Crippen molar-refractivity contribution in [1.29, 1.82) is 0 Å². The van der Waals surface area contributed by atoms with E-state index >= 15 is 0 Å². The Hall–Kier alpha value is -5.10. The van der Waals surface area contributed by atoms with Crippen molar-refractivity contribution in [1.82, 2.24) is 0 Å². The van der Waals surface area contributed by atoms with Crippen molar-refractivity contribution in [2.45, 2.75) is 19.1 Å². The zero-order valence-corrected chi connectivity index (χ0v) is 22.5. The number of methoxy groups -OCH3 is 3. The van der Waals surface area contributed by atoms with Gasteiger partial charge in [0, 0.05) is 30.7 Å². The Morgan fingerprint density at radius 1 is 0.878 bits per heavy atom. The van der Waals surface area contributed by atoms with Gasteiger partial charge in [0.2, 0.25) is 5.75 Å². The van der Waals surface area contributed by atoms with E-state index in [0.717, 1.165) is 6.07 Å². The lowest BCUT2D eigenvalue weighted by molar-refractivity contribution is -0.145. The van der Waals surface area contributed by atoms with Crippen molar-refractivity contribution in [2.75, 3.05) is 27.9 Å². The van der Waals surface area contributed by atoms with Crippen LogP contribution in [0.2, 0.25) is 0 Å². The SMILES string of the molecule is COc1cc([C@@H](O)[C@@H](COC(C)=O)Oc2c(OC)cc(-c3cc(=O)c4c(O)cc(O)cc4o3)cc2OC)ccc1O. The molecule has 12 heteroatoms. The predicted octanol–water partition coefficient (Wildman–Crippen LogP) is 3.65. The number of aromatic hydroxyl groups is 3. The highest BCUT2D eigenvalue weighted by molar-refractivity contribution is 5.86. The monoisotopic (exact) mass is 568 g/mol. The van der Waals surface area contributed by atoms with E-state index in [9.17, 15) is 30.0 Å². The molecule has 4 rings (SSSR count). The van der Waals surface area contributed by atoms with Crippen LogP contribution in [0.4, 0.5) is 0 Å². The van der Waals surface area contributed by atoms with Crippen LogP contribution in [0.1, 0.15) is 18.6 Å². The predicted molar refractivity (Wildman–Crippen MR) is 145 cm³/mol. The minimum Gasteiger partial charge on any atom is -0.508 e. The van der Waals surface area contributed by atoms with Crippen LogP contribution in [0.15, 0.2) is 57.7 Å². The first kappa shape index (κ1) is 28.9. The molecule has 0 radical (unpaired) electrons. The van der Waals surface area contributed by atoms with Gasteiger partial charge in [-0.1, -0.05) is 6.07 Å². The molecule has 1 heterocycles.